The fourth-order valence-electron chi connectivity index (χ4n) is 3.22. The first-order chi connectivity index (χ1) is 13.3. The van der Waals surface area contributed by atoms with Gasteiger partial charge in [0, 0.05) is 37.5 Å². The highest BCUT2D eigenvalue weighted by Crippen LogP contribution is 2.23. The molecule has 1 aromatic heterocycles. The number of carbonyl (C=O) groups is 1. The Morgan fingerprint density at radius 3 is 2.68 bits per heavy atom. The van der Waals surface area contributed by atoms with Crippen LogP contribution >= 0.6 is 0 Å². The van der Waals surface area contributed by atoms with E-state index in [2.05, 4.69) is 22.1 Å². The summed E-state index contributed by atoms with van der Waals surface area (Å²) in [5.41, 5.74) is 0.215. The first kappa shape index (κ1) is 19.7. The van der Waals surface area contributed by atoms with Gasteiger partial charge in [-0.05, 0) is 43.4 Å². The maximum absolute atomic E-state index is 13.9. The lowest BCUT2D eigenvalue weighted by atomic mass is 9.99. The van der Waals surface area contributed by atoms with Crippen molar-refractivity contribution in [1.29, 1.82) is 0 Å². The molecule has 1 fully saturated rings. The van der Waals surface area contributed by atoms with Gasteiger partial charge in [-0.1, -0.05) is 13.0 Å². The van der Waals surface area contributed by atoms with Gasteiger partial charge in [-0.2, -0.15) is 0 Å². The lowest BCUT2D eigenvalue weighted by Gasteiger charge is -2.31. The summed E-state index contributed by atoms with van der Waals surface area (Å²) in [6, 6.07) is 5.91. The van der Waals surface area contributed by atoms with E-state index >= 15 is 0 Å². The first-order valence-corrected chi connectivity index (χ1v) is 9.27. The molecule has 1 saturated heterocycles. The van der Waals surface area contributed by atoms with Crippen molar-refractivity contribution < 1.29 is 14.1 Å². The van der Waals surface area contributed by atoms with Crippen LogP contribution in [0.2, 0.25) is 0 Å². The number of piperidine rings is 1. The molecule has 1 aromatic carbocycles. The normalized spacial score (nSPS) is 14.8. The molecule has 1 amide bonds. The van der Waals surface area contributed by atoms with Gasteiger partial charge < -0.3 is 10.2 Å². The Kier molecular flexibility index (Phi) is 5.87. The third-order valence-electron chi connectivity index (χ3n) is 5.15. The number of nitrogens with zero attached hydrogens (tertiary/aromatic N) is 3. The molecule has 148 valence electrons. The second kappa shape index (κ2) is 8.33. The zero-order valence-corrected chi connectivity index (χ0v) is 15.9. The van der Waals surface area contributed by atoms with E-state index in [0.717, 1.165) is 55.4 Å². The van der Waals surface area contributed by atoms with E-state index < -0.39 is 22.3 Å². The van der Waals surface area contributed by atoms with Crippen molar-refractivity contribution in [3.8, 4) is 0 Å². The fraction of sp³-hybridized carbons (Fsp3) is 0.400. The molecule has 1 aliphatic heterocycles. The highest BCUT2D eigenvalue weighted by molar-refractivity contribution is 5.95. The largest absolute Gasteiger partial charge is 0.357 e. The number of anilines is 1. The predicted octanol–water partition coefficient (Wildman–Crippen LogP) is 3.60. The minimum Gasteiger partial charge on any atom is -0.357 e. The fourth-order valence-corrected chi connectivity index (χ4v) is 3.22. The molecule has 3 rings (SSSR count). The molecule has 7 nitrogen and oxygen atoms in total. The molecule has 0 spiro atoms. The minimum absolute atomic E-state index is 0.0817. The minimum atomic E-state index is -0.777. The summed E-state index contributed by atoms with van der Waals surface area (Å²) in [5.74, 6) is 0.309. The number of hydrogen-bond acceptors (Lipinski definition) is 5. The average molecular weight is 386 g/mol. The first-order valence-electron chi connectivity index (χ1n) is 9.27. The number of hydrogen-bond donors (Lipinski definition) is 1. The molecule has 0 radical (unpaired) electrons. The number of aromatic nitrogens is 1. The SMILES string of the molecule is Cc1c(F)cc(C(=O)NCc2ccc(N3CCC(C)CC3)nc2)cc1[N+](=O)[O-]. The number of nitrogens with one attached hydrogen (secondary N) is 1. The third-order valence-corrected chi connectivity index (χ3v) is 5.15. The van der Waals surface area contributed by atoms with Gasteiger partial charge in [0.2, 0.25) is 0 Å². The molecule has 0 unspecified atom stereocenters. The predicted molar refractivity (Wildman–Crippen MR) is 104 cm³/mol. The van der Waals surface area contributed by atoms with Crippen LogP contribution in [-0.2, 0) is 6.54 Å². The van der Waals surface area contributed by atoms with Gasteiger partial charge in [0.1, 0.15) is 11.6 Å². The summed E-state index contributed by atoms with van der Waals surface area (Å²) in [4.78, 5) is 29.3. The Morgan fingerprint density at radius 2 is 2.07 bits per heavy atom. The Bertz CT molecular complexity index is 878. The molecular formula is C20H23FN4O3. The zero-order chi connectivity index (χ0) is 20.3. The Balaban J connectivity index is 1.63. The third kappa shape index (κ3) is 4.44. The number of nitro benzene ring substituents is 1. The summed E-state index contributed by atoms with van der Waals surface area (Å²) in [6.45, 7) is 5.74. The van der Waals surface area contributed by atoms with E-state index in [1.807, 2.05) is 12.1 Å². The second-order valence-electron chi connectivity index (χ2n) is 7.24. The van der Waals surface area contributed by atoms with Crippen molar-refractivity contribution in [3.63, 3.8) is 0 Å². The molecule has 8 heteroatoms. The quantitative estimate of drug-likeness (QED) is 0.626. The van der Waals surface area contributed by atoms with Crippen molar-refractivity contribution in [2.24, 2.45) is 5.92 Å². The lowest BCUT2D eigenvalue weighted by Crippen LogP contribution is -2.33. The van der Waals surface area contributed by atoms with Gasteiger partial charge in [0.25, 0.3) is 11.6 Å². The topological polar surface area (TPSA) is 88.4 Å². The molecule has 0 atom stereocenters. The van der Waals surface area contributed by atoms with E-state index in [4.69, 9.17) is 0 Å². The van der Waals surface area contributed by atoms with E-state index in [9.17, 15) is 19.3 Å². The van der Waals surface area contributed by atoms with E-state index in [1.54, 1.807) is 6.20 Å². The molecule has 28 heavy (non-hydrogen) atoms. The molecule has 2 aromatic rings. The van der Waals surface area contributed by atoms with Crippen LogP contribution in [0.25, 0.3) is 0 Å². The van der Waals surface area contributed by atoms with Gasteiger partial charge >= 0.3 is 0 Å². The van der Waals surface area contributed by atoms with E-state index in [0.29, 0.717) is 0 Å². The number of halogens is 1. The molecular weight excluding hydrogens is 363 g/mol. The van der Waals surface area contributed by atoms with Crippen LogP contribution in [0, 0.1) is 28.8 Å². The van der Waals surface area contributed by atoms with Gasteiger partial charge in [0.05, 0.1) is 10.5 Å². The number of pyridine rings is 1. The molecule has 2 heterocycles. The van der Waals surface area contributed by atoms with Crippen LogP contribution in [0.3, 0.4) is 0 Å². The Hall–Kier alpha value is -3.03. The van der Waals surface area contributed by atoms with Crippen LogP contribution in [0.4, 0.5) is 15.9 Å². The van der Waals surface area contributed by atoms with Crippen LogP contribution in [0.1, 0.15) is 41.3 Å². The standard InChI is InChI=1S/C20H23FN4O3/c1-13-5-7-24(8-6-13)19-4-3-15(11-22-19)12-23-20(26)16-9-17(21)14(2)18(10-16)25(27)28/h3-4,9-11,13H,5-8,12H2,1-2H3,(H,23,26). The number of carbonyl (C=O) groups excluding carboxylic acids is 1. The van der Waals surface area contributed by atoms with Crippen LogP contribution in [0.15, 0.2) is 30.5 Å². The maximum atomic E-state index is 13.9. The highest BCUT2D eigenvalue weighted by atomic mass is 19.1. The van der Waals surface area contributed by atoms with Crippen LogP contribution in [-0.4, -0.2) is 28.9 Å². The van der Waals surface area contributed by atoms with Crippen molar-refractivity contribution in [3.05, 3.63) is 63.1 Å². The number of amides is 1. The summed E-state index contributed by atoms with van der Waals surface area (Å²) in [5, 5.41) is 13.7. The summed E-state index contributed by atoms with van der Waals surface area (Å²) >= 11 is 0. The number of nitro groups is 1. The van der Waals surface area contributed by atoms with E-state index in [1.165, 1.54) is 6.92 Å². The number of rotatable bonds is 5. The highest BCUT2D eigenvalue weighted by Gasteiger charge is 2.20. The van der Waals surface area contributed by atoms with Gasteiger partial charge in [-0.3, -0.25) is 14.9 Å². The maximum Gasteiger partial charge on any atom is 0.276 e. The van der Waals surface area contributed by atoms with Crippen molar-refractivity contribution in [2.45, 2.75) is 33.2 Å². The van der Waals surface area contributed by atoms with Gasteiger partial charge in [0.15, 0.2) is 0 Å². The van der Waals surface area contributed by atoms with Crippen molar-refractivity contribution >= 4 is 17.4 Å². The smallest absolute Gasteiger partial charge is 0.276 e. The Labute approximate surface area is 162 Å². The second-order valence-corrected chi connectivity index (χ2v) is 7.24. The summed E-state index contributed by atoms with van der Waals surface area (Å²) in [7, 11) is 0. The summed E-state index contributed by atoms with van der Waals surface area (Å²) in [6.07, 6.45) is 4.00. The zero-order valence-electron chi connectivity index (χ0n) is 15.9. The van der Waals surface area contributed by atoms with Gasteiger partial charge in [-0.25, -0.2) is 9.37 Å². The molecule has 0 bridgehead atoms. The summed E-state index contributed by atoms with van der Waals surface area (Å²) < 4.78 is 13.9. The van der Waals surface area contributed by atoms with Crippen LogP contribution in [0.5, 0.6) is 0 Å². The molecule has 1 N–H and O–H groups in total. The lowest BCUT2D eigenvalue weighted by molar-refractivity contribution is -0.385. The average Bonchev–Trinajstić information content (AvgIpc) is 2.69. The van der Waals surface area contributed by atoms with E-state index in [-0.39, 0.29) is 17.7 Å². The van der Waals surface area contributed by atoms with Gasteiger partial charge in [-0.15, -0.1) is 0 Å². The molecule has 0 saturated carbocycles. The van der Waals surface area contributed by atoms with Crippen molar-refractivity contribution in [1.82, 2.24) is 10.3 Å². The van der Waals surface area contributed by atoms with Crippen molar-refractivity contribution in [2.75, 3.05) is 18.0 Å². The monoisotopic (exact) mass is 386 g/mol. The molecule has 0 aliphatic carbocycles. The number of benzene rings is 1. The molecule has 1 aliphatic rings. The van der Waals surface area contributed by atoms with Crippen LogP contribution < -0.4 is 10.2 Å². The Morgan fingerprint density at radius 1 is 1.36 bits per heavy atom.